The minimum Gasteiger partial charge on any atom is -0.501 e. The van der Waals surface area contributed by atoms with E-state index in [9.17, 15) is 23.9 Å². The number of carbonyl (C=O) groups is 2. The van der Waals surface area contributed by atoms with Crippen LogP contribution >= 0.6 is 0 Å². The lowest BCUT2D eigenvalue weighted by molar-refractivity contribution is 0.00646. The van der Waals surface area contributed by atoms with Crippen molar-refractivity contribution < 1.29 is 23.8 Å². The number of H-pyrrole nitrogens is 1. The molecule has 33 heavy (non-hydrogen) atoms. The number of carbonyl (C=O) groups excluding carboxylic acids is 2. The second-order valence-corrected chi connectivity index (χ2v) is 8.88. The average Bonchev–Trinajstić information content (AvgIpc) is 2.74. The van der Waals surface area contributed by atoms with E-state index in [2.05, 4.69) is 15.3 Å². The number of amides is 2. The molecule has 3 rings (SSSR count). The summed E-state index contributed by atoms with van der Waals surface area (Å²) < 4.78 is 18.5. The number of nitrogens with zero attached hydrogens (tertiary/aromatic N) is 3. The number of aromatic nitrogens is 2. The van der Waals surface area contributed by atoms with Gasteiger partial charge in [-0.1, -0.05) is 12.1 Å². The Labute approximate surface area is 190 Å². The molecule has 1 aromatic heterocycles. The van der Waals surface area contributed by atoms with Gasteiger partial charge in [-0.3, -0.25) is 14.5 Å². The van der Waals surface area contributed by atoms with Crippen LogP contribution in [0.1, 0.15) is 48.7 Å². The minimum atomic E-state index is -0.866. The molecule has 1 unspecified atom stereocenters. The molecule has 2 amide bonds. The molecule has 1 aliphatic heterocycles. The first-order valence-electron chi connectivity index (χ1n) is 10.5. The summed E-state index contributed by atoms with van der Waals surface area (Å²) in [5, 5.41) is 12.7. The molecule has 0 saturated carbocycles. The summed E-state index contributed by atoms with van der Waals surface area (Å²) in [5.41, 5.74) is -1.32. The van der Waals surface area contributed by atoms with Crippen molar-refractivity contribution in [3.8, 4) is 5.75 Å². The van der Waals surface area contributed by atoms with Crippen LogP contribution in [0, 0.1) is 5.82 Å². The number of halogens is 1. The van der Waals surface area contributed by atoms with E-state index >= 15 is 0 Å². The number of piperazine rings is 1. The van der Waals surface area contributed by atoms with Gasteiger partial charge in [-0.15, -0.1) is 0 Å². The first kappa shape index (κ1) is 24.2. The monoisotopic (exact) mass is 461 g/mol. The van der Waals surface area contributed by atoms with Crippen molar-refractivity contribution in [2.24, 2.45) is 0 Å². The maximum atomic E-state index is 13.1. The predicted molar refractivity (Wildman–Crippen MR) is 117 cm³/mol. The molecule has 0 aliphatic carbocycles. The van der Waals surface area contributed by atoms with Crippen molar-refractivity contribution in [2.75, 3.05) is 26.7 Å². The first-order valence-corrected chi connectivity index (χ1v) is 10.5. The number of benzene rings is 1. The van der Waals surface area contributed by atoms with E-state index in [1.807, 2.05) is 4.90 Å². The van der Waals surface area contributed by atoms with Gasteiger partial charge in [0.1, 0.15) is 17.2 Å². The van der Waals surface area contributed by atoms with Crippen molar-refractivity contribution in [3.05, 3.63) is 57.5 Å². The topological polar surface area (TPSA) is 128 Å². The van der Waals surface area contributed by atoms with Crippen LogP contribution in [0.15, 0.2) is 29.1 Å². The fourth-order valence-corrected chi connectivity index (χ4v) is 3.33. The molecule has 0 bridgehead atoms. The Bertz CT molecular complexity index is 1080. The molecule has 1 aromatic carbocycles. The molecular weight excluding hydrogens is 433 g/mol. The highest BCUT2D eigenvalue weighted by Crippen LogP contribution is 2.23. The van der Waals surface area contributed by atoms with Crippen LogP contribution in [0.3, 0.4) is 0 Å². The minimum absolute atomic E-state index is 0.0537. The van der Waals surface area contributed by atoms with Gasteiger partial charge in [-0.05, 0) is 45.5 Å². The van der Waals surface area contributed by atoms with Gasteiger partial charge in [-0.25, -0.2) is 14.2 Å². The maximum absolute atomic E-state index is 13.1. The van der Waals surface area contributed by atoms with Crippen LogP contribution in [-0.2, 0) is 11.3 Å². The van der Waals surface area contributed by atoms with Crippen molar-refractivity contribution in [3.63, 3.8) is 0 Å². The highest BCUT2D eigenvalue weighted by molar-refractivity contribution is 5.94. The van der Waals surface area contributed by atoms with E-state index in [0.717, 1.165) is 0 Å². The van der Waals surface area contributed by atoms with Crippen molar-refractivity contribution in [2.45, 2.75) is 39.0 Å². The second-order valence-electron chi connectivity index (χ2n) is 8.88. The molecule has 2 heterocycles. The Kier molecular flexibility index (Phi) is 7.01. The van der Waals surface area contributed by atoms with E-state index in [1.54, 1.807) is 27.8 Å². The Morgan fingerprint density at radius 2 is 1.94 bits per heavy atom. The number of hydrogen-bond acceptors (Lipinski definition) is 7. The lowest BCUT2D eigenvalue weighted by atomic mass is 10.1. The lowest BCUT2D eigenvalue weighted by Crippen LogP contribution is -2.51. The zero-order valence-corrected chi connectivity index (χ0v) is 19.0. The van der Waals surface area contributed by atoms with Crippen LogP contribution in [0.25, 0.3) is 0 Å². The molecule has 1 atom stereocenters. The Balaban J connectivity index is 1.80. The number of aromatic hydroxyl groups is 1. The molecule has 0 radical (unpaired) electrons. The summed E-state index contributed by atoms with van der Waals surface area (Å²) in [5.74, 6) is -1.83. The van der Waals surface area contributed by atoms with Crippen LogP contribution in [-0.4, -0.2) is 69.2 Å². The summed E-state index contributed by atoms with van der Waals surface area (Å²) in [4.78, 5) is 47.6. The van der Waals surface area contributed by atoms with Crippen LogP contribution in [0.5, 0.6) is 5.75 Å². The van der Waals surface area contributed by atoms with Crippen LogP contribution in [0.4, 0.5) is 9.18 Å². The summed E-state index contributed by atoms with van der Waals surface area (Å²) in [6.07, 6.45) is -0.487. The summed E-state index contributed by atoms with van der Waals surface area (Å²) in [6.45, 7) is 6.46. The van der Waals surface area contributed by atoms with Crippen molar-refractivity contribution in [1.82, 2.24) is 25.1 Å². The fraction of sp³-hybridized carbons (Fsp3) is 0.455. The number of aromatic amines is 1. The van der Waals surface area contributed by atoms with Gasteiger partial charge in [0.05, 0.1) is 6.04 Å². The second kappa shape index (κ2) is 9.57. The Morgan fingerprint density at radius 1 is 1.27 bits per heavy atom. The summed E-state index contributed by atoms with van der Waals surface area (Å²) >= 11 is 0. The third-order valence-corrected chi connectivity index (χ3v) is 5.11. The van der Waals surface area contributed by atoms with Gasteiger partial charge in [0, 0.05) is 26.2 Å². The van der Waals surface area contributed by atoms with Gasteiger partial charge in [-0.2, -0.15) is 0 Å². The van der Waals surface area contributed by atoms with Gasteiger partial charge in [0.15, 0.2) is 5.69 Å². The third-order valence-electron chi connectivity index (χ3n) is 5.11. The molecule has 1 fully saturated rings. The number of hydrogen-bond donors (Lipinski definition) is 3. The Morgan fingerprint density at radius 3 is 2.58 bits per heavy atom. The quantitative estimate of drug-likeness (QED) is 0.633. The van der Waals surface area contributed by atoms with E-state index in [0.29, 0.717) is 18.7 Å². The largest absolute Gasteiger partial charge is 0.501 e. The van der Waals surface area contributed by atoms with Crippen molar-refractivity contribution >= 4 is 12.0 Å². The van der Waals surface area contributed by atoms with E-state index in [-0.39, 0.29) is 18.9 Å². The van der Waals surface area contributed by atoms with Gasteiger partial charge < -0.3 is 25.0 Å². The van der Waals surface area contributed by atoms with Crippen molar-refractivity contribution in [1.29, 1.82) is 0 Å². The highest BCUT2D eigenvalue weighted by atomic mass is 19.1. The first-order chi connectivity index (χ1) is 15.4. The molecule has 10 nitrogen and oxygen atoms in total. The SMILES string of the molecule is CN1CCN(C(=O)OC(C)(C)C)CC1c1nc(C(=O)NCc2ccc(F)cc2)c(O)c(=O)[nH]1. The Hall–Kier alpha value is -3.47. The van der Waals surface area contributed by atoms with Gasteiger partial charge in [0.25, 0.3) is 11.5 Å². The zero-order valence-electron chi connectivity index (χ0n) is 19.0. The molecule has 3 N–H and O–H groups in total. The summed E-state index contributed by atoms with van der Waals surface area (Å²) in [6, 6.07) is 5.02. The lowest BCUT2D eigenvalue weighted by Gasteiger charge is -2.39. The van der Waals surface area contributed by atoms with E-state index < -0.39 is 46.5 Å². The molecule has 11 heteroatoms. The van der Waals surface area contributed by atoms with E-state index in [4.69, 9.17) is 4.74 Å². The van der Waals surface area contributed by atoms with Crippen LogP contribution < -0.4 is 10.9 Å². The smallest absolute Gasteiger partial charge is 0.410 e. The average molecular weight is 461 g/mol. The summed E-state index contributed by atoms with van der Waals surface area (Å²) in [7, 11) is 1.80. The fourth-order valence-electron chi connectivity index (χ4n) is 3.33. The van der Waals surface area contributed by atoms with Crippen LogP contribution in [0.2, 0.25) is 0 Å². The predicted octanol–water partition coefficient (Wildman–Crippen LogP) is 1.77. The third kappa shape index (κ3) is 6.07. The normalized spacial score (nSPS) is 17.0. The molecule has 1 aliphatic rings. The molecule has 2 aromatic rings. The van der Waals surface area contributed by atoms with Gasteiger partial charge >= 0.3 is 6.09 Å². The molecular formula is C22H28FN5O5. The number of likely N-dealkylation sites (N-methyl/N-ethyl adjacent to an activating group) is 1. The number of nitrogens with one attached hydrogen (secondary N) is 2. The molecule has 1 saturated heterocycles. The zero-order chi connectivity index (χ0) is 24.3. The highest BCUT2D eigenvalue weighted by Gasteiger charge is 2.33. The molecule has 178 valence electrons. The van der Waals surface area contributed by atoms with E-state index in [1.165, 1.54) is 29.2 Å². The maximum Gasteiger partial charge on any atom is 0.410 e. The number of ether oxygens (including phenoxy) is 1. The standard InChI is InChI=1S/C22H28FN5O5/c1-22(2,3)33-21(32)28-10-9-27(4)15(12-28)18-25-16(17(29)20(31)26-18)19(30)24-11-13-5-7-14(23)8-6-13/h5-8,15,29H,9-12H2,1-4H3,(H,24,30)(H,25,26,31). The molecule has 0 spiro atoms. The van der Waals surface area contributed by atoms with Gasteiger partial charge in [0.2, 0.25) is 5.75 Å². The number of rotatable bonds is 4.